The molecule has 1 aromatic rings. The molecule has 0 unspecified atom stereocenters. The molecule has 0 aliphatic heterocycles. The van der Waals surface area contributed by atoms with Crippen molar-refractivity contribution in [2.24, 2.45) is 0 Å². The van der Waals surface area contributed by atoms with Gasteiger partial charge in [-0.15, -0.1) is 0 Å². The van der Waals surface area contributed by atoms with E-state index < -0.39 is 10.2 Å². The fraction of sp³-hybridized carbons (Fsp3) is 0.667. The maximum Gasteiger partial charge on any atom is 0.301 e. The van der Waals surface area contributed by atoms with Crippen molar-refractivity contribution in [2.45, 2.75) is 13.3 Å². The van der Waals surface area contributed by atoms with Crippen LogP contribution in [0.4, 0.5) is 5.69 Å². The fourth-order valence-corrected chi connectivity index (χ4v) is 2.19. The number of nitrogens with one attached hydrogen (secondary N) is 3. The minimum atomic E-state index is -3.47. The summed E-state index contributed by atoms with van der Waals surface area (Å²) in [4.78, 5) is 0. The van der Waals surface area contributed by atoms with E-state index in [0.717, 1.165) is 19.5 Å². The molecule has 0 saturated carbocycles. The molecule has 98 valence electrons. The highest BCUT2D eigenvalue weighted by molar-refractivity contribution is 7.90. The van der Waals surface area contributed by atoms with Crippen LogP contribution in [0.1, 0.15) is 13.3 Å². The monoisotopic (exact) mass is 261 g/mol. The van der Waals surface area contributed by atoms with Gasteiger partial charge < -0.3 is 5.32 Å². The Bertz CT molecular complexity index is 403. The summed E-state index contributed by atoms with van der Waals surface area (Å²) in [5, 5.41) is 9.36. The van der Waals surface area contributed by atoms with Crippen LogP contribution in [-0.2, 0) is 10.2 Å². The van der Waals surface area contributed by atoms with E-state index in [1.54, 1.807) is 7.05 Å². The zero-order valence-electron chi connectivity index (χ0n) is 10.1. The molecule has 0 fully saturated rings. The molecule has 0 atom stereocenters. The molecule has 3 N–H and O–H groups in total. The first kappa shape index (κ1) is 13.9. The van der Waals surface area contributed by atoms with Crippen LogP contribution in [0.5, 0.6) is 0 Å². The third-order valence-electron chi connectivity index (χ3n) is 2.23. The maximum atomic E-state index is 11.8. The average molecular weight is 261 g/mol. The van der Waals surface area contributed by atoms with Gasteiger partial charge in [0.15, 0.2) is 0 Å². The van der Waals surface area contributed by atoms with E-state index in [4.69, 9.17) is 0 Å². The van der Waals surface area contributed by atoms with Crippen molar-refractivity contribution in [3.63, 3.8) is 0 Å². The summed E-state index contributed by atoms with van der Waals surface area (Å²) >= 11 is 0. The summed E-state index contributed by atoms with van der Waals surface area (Å²) in [5.74, 6) is 0. The summed E-state index contributed by atoms with van der Waals surface area (Å²) in [5.41, 5.74) is 0.434. The number of anilines is 1. The molecular weight excluding hydrogens is 242 g/mol. The number of aromatic amines is 1. The van der Waals surface area contributed by atoms with E-state index in [1.807, 2.05) is 6.92 Å². The lowest BCUT2D eigenvalue weighted by Crippen LogP contribution is -2.34. The zero-order valence-corrected chi connectivity index (χ0v) is 10.9. The second-order valence-corrected chi connectivity index (χ2v) is 5.40. The molecule has 0 spiro atoms. The molecule has 17 heavy (non-hydrogen) atoms. The van der Waals surface area contributed by atoms with Crippen molar-refractivity contribution < 1.29 is 8.42 Å². The highest BCUT2D eigenvalue weighted by Crippen LogP contribution is 2.07. The van der Waals surface area contributed by atoms with E-state index in [9.17, 15) is 8.42 Å². The second kappa shape index (κ2) is 6.58. The van der Waals surface area contributed by atoms with Gasteiger partial charge in [-0.2, -0.15) is 17.8 Å². The molecule has 0 aliphatic carbocycles. The predicted molar refractivity (Wildman–Crippen MR) is 66.9 cm³/mol. The van der Waals surface area contributed by atoms with E-state index in [0.29, 0.717) is 12.2 Å². The van der Waals surface area contributed by atoms with Crippen LogP contribution in [0.3, 0.4) is 0 Å². The van der Waals surface area contributed by atoms with Crippen LogP contribution in [0, 0.1) is 0 Å². The summed E-state index contributed by atoms with van der Waals surface area (Å²) in [7, 11) is -1.92. The molecule has 1 rings (SSSR count). The first-order chi connectivity index (χ1) is 8.06. The number of rotatable bonds is 8. The number of aromatic nitrogens is 2. The van der Waals surface area contributed by atoms with Crippen LogP contribution in [0.2, 0.25) is 0 Å². The van der Waals surface area contributed by atoms with E-state index in [-0.39, 0.29) is 0 Å². The molecule has 0 aliphatic rings. The number of nitrogens with zero attached hydrogens (tertiary/aromatic N) is 2. The normalized spacial score (nSPS) is 11.9. The Morgan fingerprint density at radius 2 is 2.29 bits per heavy atom. The van der Waals surface area contributed by atoms with Crippen molar-refractivity contribution in [1.29, 1.82) is 0 Å². The number of hydrogen-bond acceptors (Lipinski definition) is 4. The third-order valence-corrected chi connectivity index (χ3v) is 3.73. The SMILES string of the molecule is CCNCCCN(C)S(=O)(=O)Nc1cn[nH]c1. The summed E-state index contributed by atoms with van der Waals surface area (Å²) in [6, 6.07) is 0. The summed E-state index contributed by atoms with van der Waals surface area (Å²) < 4.78 is 27.3. The van der Waals surface area contributed by atoms with Gasteiger partial charge in [0.25, 0.3) is 0 Å². The Morgan fingerprint density at radius 1 is 1.53 bits per heavy atom. The lowest BCUT2D eigenvalue weighted by molar-refractivity contribution is 0.459. The van der Waals surface area contributed by atoms with Gasteiger partial charge in [-0.1, -0.05) is 6.92 Å². The van der Waals surface area contributed by atoms with Crippen molar-refractivity contribution in [2.75, 3.05) is 31.4 Å². The van der Waals surface area contributed by atoms with Gasteiger partial charge in [0, 0.05) is 19.8 Å². The highest BCUT2D eigenvalue weighted by Gasteiger charge is 2.17. The first-order valence-corrected chi connectivity index (χ1v) is 6.94. The first-order valence-electron chi connectivity index (χ1n) is 5.50. The smallest absolute Gasteiger partial charge is 0.301 e. The van der Waals surface area contributed by atoms with E-state index >= 15 is 0 Å². The fourth-order valence-electron chi connectivity index (χ4n) is 1.26. The van der Waals surface area contributed by atoms with Crippen LogP contribution in [0.25, 0.3) is 0 Å². The maximum absolute atomic E-state index is 11.8. The summed E-state index contributed by atoms with van der Waals surface area (Å²) in [6.07, 6.45) is 3.69. The van der Waals surface area contributed by atoms with Crippen molar-refractivity contribution in [1.82, 2.24) is 19.8 Å². The molecule has 0 aromatic carbocycles. The van der Waals surface area contributed by atoms with Gasteiger partial charge in [-0.25, -0.2) is 0 Å². The minimum Gasteiger partial charge on any atom is -0.317 e. The van der Waals surface area contributed by atoms with Crippen molar-refractivity contribution >= 4 is 15.9 Å². The van der Waals surface area contributed by atoms with E-state index in [1.165, 1.54) is 16.7 Å². The average Bonchev–Trinajstić information content (AvgIpc) is 2.76. The Labute approximate surface area is 102 Å². The van der Waals surface area contributed by atoms with Gasteiger partial charge in [0.1, 0.15) is 0 Å². The second-order valence-electron chi connectivity index (χ2n) is 3.62. The van der Waals surface area contributed by atoms with Crippen molar-refractivity contribution in [3.8, 4) is 0 Å². The van der Waals surface area contributed by atoms with Crippen LogP contribution < -0.4 is 10.0 Å². The Hall–Kier alpha value is -1.12. The molecule has 0 bridgehead atoms. The Balaban J connectivity index is 2.41. The van der Waals surface area contributed by atoms with Gasteiger partial charge in [0.05, 0.1) is 11.9 Å². The van der Waals surface area contributed by atoms with Gasteiger partial charge in [0.2, 0.25) is 0 Å². The molecule has 0 amide bonds. The van der Waals surface area contributed by atoms with Crippen molar-refractivity contribution in [3.05, 3.63) is 12.4 Å². The molecule has 8 heteroatoms. The Kier molecular flexibility index (Phi) is 5.39. The van der Waals surface area contributed by atoms with Crippen LogP contribution in [-0.4, -0.2) is 49.6 Å². The molecule has 1 aromatic heterocycles. The molecule has 7 nitrogen and oxygen atoms in total. The minimum absolute atomic E-state index is 0.434. The van der Waals surface area contributed by atoms with Gasteiger partial charge >= 0.3 is 10.2 Å². The van der Waals surface area contributed by atoms with E-state index in [2.05, 4.69) is 20.2 Å². The summed E-state index contributed by atoms with van der Waals surface area (Å²) in [6.45, 7) is 4.19. The number of hydrogen-bond donors (Lipinski definition) is 3. The predicted octanol–water partition coefficient (Wildman–Crippen LogP) is -0.00220. The van der Waals surface area contributed by atoms with Crippen LogP contribution >= 0.6 is 0 Å². The number of H-pyrrole nitrogens is 1. The topological polar surface area (TPSA) is 90.1 Å². The standard InChI is InChI=1S/C9H19N5O2S/c1-3-10-5-4-6-14(2)17(15,16)13-9-7-11-12-8-9/h7-8,10,13H,3-6H2,1-2H3,(H,11,12). The largest absolute Gasteiger partial charge is 0.317 e. The zero-order chi connectivity index (χ0) is 12.7. The molecule has 0 saturated heterocycles. The lowest BCUT2D eigenvalue weighted by atomic mass is 10.4. The molecular formula is C9H19N5O2S. The third kappa shape index (κ3) is 4.72. The van der Waals surface area contributed by atoms with Gasteiger partial charge in [-0.3, -0.25) is 9.82 Å². The Morgan fingerprint density at radius 3 is 2.88 bits per heavy atom. The molecule has 0 radical (unpaired) electrons. The molecule has 1 heterocycles. The lowest BCUT2D eigenvalue weighted by Gasteiger charge is -2.17. The highest BCUT2D eigenvalue weighted by atomic mass is 32.2. The quantitative estimate of drug-likeness (QED) is 0.574. The van der Waals surface area contributed by atoms with Gasteiger partial charge in [-0.05, 0) is 19.5 Å². The van der Waals surface area contributed by atoms with Crippen LogP contribution in [0.15, 0.2) is 12.4 Å².